The van der Waals surface area contributed by atoms with Crippen molar-refractivity contribution in [1.82, 2.24) is 29.8 Å². The van der Waals surface area contributed by atoms with Gasteiger partial charge in [0.15, 0.2) is 5.03 Å². The van der Waals surface area contributed by atoms with Crippen LogP contribution in [0.1, 0.15) is 25.2 Å². The number of aromatic nitrogens is 4. The van der Waals surface area contributed by atoms with Crippen LogP contribution in [0.5, 0.6) is 0 Å². The van der Waals surface area contributed by atoms with E-state index in [9.17, 15) is 8.42 Å². The lowest BCUT2D eigenvalue weighted by Gasteiger charge is -2.09. The van der Waals surface area contributed by atoms with Crippen molar-refractivity contribution in [3.63, 3.8) is 0 Å². The molecule has 2 aromatic rings. The molecule has 21 heavy (non-hydrogen) atoms. The summed E-state index contributed by atoms with van der Waals surface area (Å²) in [4.78, 5) is 4.08. The van der Waals surface area contributed by atoms with Crippen molar-refractivity contribution in [2.45, 2.75) is 38.0 Å². The molecule has 116 valence electrons. The number of hydrogen-bond acceptors (Lipinski definition) is 5. The third kappa shape index (κ3) is 3.90. The number of hydrogen-bond donors (Lipinski definition) is 3. The van der Waals surface area contributed by atoms with Gasteiger partial charge in [-0.3, -0.25) is 5.10 Å². The molecule has 0 bridgehead atoms. The van der Waals surface area contributed by atoms with Crippen LogP contribution < -0.4 is 10.0 Å². The fourth-order valence-electron chi connectivity index (χ4n) is 1.77. The molecule has 0 fully saturated rings. The van der Waals surface area contributed by atoms with E-state index < -0.39 is 10.0 Å². The van der Waals surface area contributed by atoms with E-state index >= 15 is 0 Å². The number of sulfonamides is 1. The summed E-state index contributed by atoms with van der Waals surface area (Å²) in [5, 5.41) is 9.63. The summed E-state index contributed by atoms with van der Waals surface area (Å²) in [7, 11) is -1.84. The maximum Gasteiger partial charge on any atom is 0.258 e. The van der Waals surface area contributed by atoms with Crippen molar-refractivity contribution in [3.8, 4) is 0 Å². The van der Waals surface area contributed by atoms with Crippen molar-refractivity contribution >= 4 is 10.0 Å². The van der Waals surface area contributed by atoms with Gasteiger partial charge in [0.1, 0.15) is 5.82 Å². The van der Waals surface area contributed by atoms with Gasteiger partial charge in [-0.25, -0.2) is 18.1 Å². The van der Waals surface area contributed by atoms with E-state index in [1.54, 1.807) is 17.0 Å². The minimum absolute atomic E-state index is 0.0878. The Morgan fingerprint density at radius 3 is 2.76 bits per heavy atom. The monoisotopic (exact) mass is 312 g/mol. The molecule has 0 aliphatic carbocycles. The Kier molecular flexibility index (Phi) is 4.76. The van der Waals surface area contributed by atoms with Crippen molar-refractivity contribution in [1.29, 1.82) is 0 Å². The summed E-state index contributed by atoms with van der Waals surface area (Å²) in [5.74, 6) is 0.639. The van der Waals surface area contributed by atoms with Gasteiger partial charge in [0, 0.05) is 37.6 Å². The van der Waals surface area contributed by atoms with Gasteiger partial charge in [0.05, 0.1) is 12.7 Å². The van der Waals surface area contributed by atoms with Crippen LogP contribution in [0.4, 0.5) is 0 Å². The van der Waals surface area contributed by atoms with Crippen LogP contribution in [-0.4, -0.2) is 34.2 Å². The van der Waals surface area contributed by atoms with Crippen molar-refractivity contribution in [2.75, 3.05) is 0 Å². The average molecular weight is 312 g/mol. The first kappa shape index (κ1) is 15.7. The average Bonchev–Trinajstić information content (AvgIpc) is 3.03. The summed E-state index contributed by atoms with van der Waals surface area (Å²) >= 11 is 0. The molecule has 3 N–H and O–H groups in total. The van der Waals surface area contributed by atoms with Gasteiger partial charge in [0.2, 0.25) is 0 Å². The second-order valence-electron chi connectivity index (χ2n) is 5.04. The molecule has 0 radical (unpaired) electrons. The molecule has 0 unspecified atom stereocenters. The van der Waals surface area contributed by atoms with Crippen LogP contribution in [0.2, 0.25) is 0 Å². The first-order valence-corrected chi connectivity index (χ1v) is 8.10. The number of nitrogens with one attached hydrogen (secondary N) is 3. The Morgan fingerprint density at radius 2 is 2.14 bits per heavy atom. The summed E-state index contributed by atoms with van der Waals surface area (Å²) in [6.45, 7) is 4.55. The van der Waals surface area contributed by atoms with Gasteiger partial charge in [-0.2, -0.15) is 5.10 Å². The van der Waals surface area contributed by atoms with E-state index in [4.69, 9.17) is 0 Å². The lowest BCUT2D eigenvalue weighted by molar-refractivity contribution is 0.562. The number of aryl methyl sites for hydroxylation is 1. The van der Waals surface area contributed by atoms with Crippen LogP contribution in [0.3, 0.4) is 0 Å². The number of rotatable bonds is 7. The zero-order valence-electron chi connectivity index (χ0n) is 12.3. The molecule has 0 atom stereocenters. The summed E-state index contributed by atoms with van der Waals surface area (Å²) in [6, 6.07) is 0.260. The Morgan fingerprint density at radius 1 is 1.38 bits per heavy atom. The minimum atomic E-state index is -3.65. The molecule has 9 heteroatoms. The van der Waals surface area contributed by atoms with E-state index in [1.807, 2.05) is 20.9 Å². The lowest BCUT2D eigenvalue weighted by atomic mass is 10.3. The van der Waals surface area contributed by atoms with Crippen molar-refractivity contribution in [3.05, 3.63) is 30.0 Å². The standard InChI is InChI=1S/C12H20N6O2S/c1-9(2)14-6-10-7-15-17-12(10)21(19,20)16-8-11-13-4-5-18(11)3/h4-5,7,9,14,16H,6,8H2,1-3H3,(H,15,17). The van der Waals surface area contributed by atoms with Crippen LogP contribution >= 0.6 is 0 Å². The largest absolute Gasteiger partial charge is 0.337 e. The molecule has 0 aliphatic heterocycles. The molecular weight excluding hydrogens is 292 g/mol. The highest BCUT2D eigenvalue weighted by Crippen LogP contribution is 2.12. The molecule has 2 heterocycles. The molecule has 2 aromatic heterocycles. The first-order chi connectivity index (χ1) is 9.90. The van der Waals surface area contributed by atoms with Gasteiger partial charge in [-0.1, -0.05) is 13.8 Å². The van der Waals surface area contributed by atoms with E-state index in [2.05, 4.69) is 25.2 Å². The highest BCUT2D eigenvalue weighted by atomic mass is 32.2. The molecule has 0 saturated carbocycles. The fourth-order valence-corrected chi connectivity index (χ4v) is 2.88. The first-order valence-electron chi connectivity index (χ1n) is 6.61. The second-order valence-corrected chi connectivity index (χ2v) is 6.74. The summed E-state index contributed by atoms with van der Waals surface area (Å²) in [5.41, 5.74) is 0.607. The maximum absolute atomic E-state index is 12.3. The second kappa shape index (κ2) is 6.37. The van der Waals surface area contributed by atoms with E-state index in [1.165, 1.54) is 6.20 Å². The number of H-pyrrole nitrogens is 1. The zero-order valence-corrected chi connectivity index (χ0v) is 13.1. The SMILES string of the molecule is CC(C)NCc1cn[nH]c1S(=O)(=O)NCc1nccn1C. The van der Waals surface area contributed by atoms with Gasteiger partial charge >= 0.3 is 0 Å². The highest BCUT2D eigenvalue weighted by molar-refractivity contribution is 7.89. The Bertz CT molecular complexity index is 688. The highest BCUT2D eigenvalue weighted by Gasteiger charge is 2.21. The van der Waals surface area contributed by atoms with Crippen LogP contribution in [0.25, 0.3) is 0 Å². The predicted molar refractivity (Wildman–Crippen MR) is 77.8 cm³/mol. The third-order valence-electron chi connectivity index (χ3n) is 2.99. The number of nitrogens with zero attached hydrogens (tertiary/aromatic N) is 3. The normalized spacial score (nSPS) is 12.2. The van der Waals surface area contributed by atoms with Crippen LogP contribution in [0.15, 0.2) is 23.6 Å². The molecule has 0 amide bonds. The molecule has 2 rings (SSSR count). The fraction of sp³-hybridized carbons (Fsp3) is 0.500. The Hall–Kier alpha value is -1.71. The quantitative estimate of drug-likeness (QED) is 0.673. The minimum Gasteiger partial charge on any atom is -0.337 e. The van der Waals surface area contributed by atoms with Gasteiger partial charge in [0.25, 0.3) is 10.0 Å². The van der Waals surface area contributed by atoms with E-state index in [0.717, 1.165) is 0 Å². The topological polar surface area (TPSA) is 105 Å². The Labute approximate surface area is 124 Å². The van der Waals surface area contributed by atoms with Crippen LogP contribution in [-0.2, 0) is 30.2 Å². The molecule has 0 aliphatic rings. The van der Waals surface area contributed by atoms with Gasteiger partial charge < -0.3 is 9.88 Å². The van der Waals surface area contributed by atoms with Gasteiger partial charge in [-0.05, 0) is 0 Å². The lowest BCUT2D eigenvalue weighted by Crippen LogP contribution is -2.28. The maximum atomic E-state index is 12.3. The van der Waals surface area contributed by atoms with Crippen molar-refractivity contribution in [2.24, 2.45) is 7.05 Å². The van der Waals surface area contributed by atoms with Gasteiger partial charge in [-0.15, -0.1) is 0 Å². The number of aromatic amines is 1. The summed E-state index contributed by atoms with van der Waals surface area (Å²) in [6.07, 6.45) is 4.90. The van der Waals surface area contributed by atoms with Crippen molar-refractivity contribution < 1.29 is 8.42 Å². The summed E-state index contributed by atoms with van der Waals surface area (Å²) < 4.78 is 28.9. The van der Waals surface area contributed by atoms with E-state index in [0.29, 0.717) is 17.9 Å². The zero-order chi connectivity index (χ0) is 15.5. The predicted octanol–water partition coefficient (Wildman–Crippen LogP) is 0.120. The molecule has 8 nitrogen and oxygen atoms in total. The molecule has 0 spiro atoms. The molecular formula is C12H20N6O2S. The smallest absolute Gasteiger partial charge is 0.258 e. The molecule has 0 aromatic carbocycles. The third-order valence-corrected chi connectivity index (χ3v) is 4.40. The van der Waals surface area contributed by atoms with E-state index in [-0.39, 0.29) is 17.6 Å². The Balaban J connectivity index is 2.09. The van der Waals surface area contributed by atoms with Crippen LogP contribution in [0, 0.1) is 0 Å². The molecule has 0 saturated heterocycles. The number of imidazole rings is 1.